The van der Waals surface area contributed by atoms with E-state index in [1.54, 1.807) is 0 Å². The minimum absolute atomic E-state index is 0. The molecule has 2 aliphatic carbocycles. The Hall–Kier alpha value is -0.274. The molecule has 0 aliphatic heterocycles. The fraction of sp³-hybridized carbons (Fsp3) is 0.273. The van der Waals surface area contributed by atoms with E-state index in [4.69, 9.17) is 0 Å². The van der Waals surface area contributed by atoms with Gasteiger partial charge >= 0.3 is 23.1 Å². The predicted molar refractivity (Wildman–Crippen MR) is 53.5 cm³/mol. The molecule has 0 saturated heterocycles. The molecule has 0 atom stereocenters. The second kappa shape index (κ2) is 7.38. The molecule has 0 unspecified atom stereocenters. The molecule has 0 spiro atoms. The average molecular weight is 169 g/mol. The molecule has 58 valence electrons. The maximum atomic E-state index is 3.12. The molecule has 0 saturated carbocycles. The van der Waals surface area contributed by atoms with Gasteiger partial charge < -0.3 is 0 Å². The van der Waals surface area contributed by atoms with Crippen LogP contribution in [0.5, 0.6) is 0 Å². The van der Waals surface area contributed by atoms with E-state index >= 15 is 0 Å². The molecule has 0 N–H and O–H groups in total. The first-order valence-electron chi connectivity index (χ1n) is 3.85. The molecule has 0 aromatic rings. The zero-order valence-corrected chi connectivity index (χ0v) is 8.92. The fourth-order valence-corrected chi connectivity index (χ4v) is 0.855. The third kappa shape index (κ3) is 5.39. The fourth-order valence-electron chi connectivity index (χ4n) is 0.855. The van der Waals surface area contributed by atoms with Gasteiger partial charge in [-0.1, -0.05) is 6.92 Å². The molecular weight excluding hydrogens is 156 g/mol. The normalized spacial score (nSPS) is 16.6. The quantitative estimate of drug-likeness (QED) is 0.385. The van der Waals surface area contributed by atoms with Gasteiger partial charge in [-0.05, 0) is 0 Å². The van der Waals surface area contributed by atoms with Crippen LogP contribution in [-0.2, 0) is 0 Å². The summed E-state index contributed by atoms with van der Waals surface area (Å²) < 4.78 is 0. The van der Waals surface area contributed by atoms with E-state index in [9.17, 15) is 0 Å². The molecule has 0 amide bonds. The minimum atomic E-state index is 0. The Balaban J connectivity index is 0.000000189. The van der Waals surface area contributed by atoms with Crippen molar-refractivity contribution in [3.63, 3.8) is 0 Å². The number of rotatable bonds is 0. The molecule has 0 nitrogen and oxygen atoms in total. The van der Waals surface area contributed by atoms with Gasteiger partial charge in [0.15, 0.2) is 0 Å². The van der Waals surface area contributed by atoms with Crippen molar-refractivity contribution in [3.8, 4) is 0 Å². The first kappa shape index (κ1) is 11.7. The predicted octanol–water partition coefficient (Wildman–Crippen LogP) is 2.62. The van der Waals surface area contributed by atoms with Gasteiger partial charge in [-0.2, -0.15) is 12.2 Å². The van der Waals surface area contributed by atoms with Crippen molar-refractivity contribution < 1.29 is 0 Å². The number of allylic oxidation sites excluding steroid dienone is 8. The Labute approximate surface area is 90.9 Å². The van der Waals surface area contributed by atoms with Crippen molar-refractivity contribution in [1.29, 1.82) is 0 Å². The first-order valence-corrected chi connectivity index (χ1v) is 3.85. The summed E-state index contributed by atoms with van der Waals surface area (Å²) >= 11 is 0. The first-order chi connectivity index (χ1) is 5.39. The molecule has 2 rings (SSSR count). The van der Waals surface area contributed by atoms with Gasteiger partial charge in [0.2, 0.25) is 0 Å². The van der Waals surface area contributed by atoms with Crippen LogP contribution in [0.25, 0.3) is 0 Å². The topological polar surface area (TPSA) is 0 Å². The SMILES string of the molecule is CC1=[C-]CC=C1.[C-]1=CC=CC1.[Mg+2]. The summed E-state index contributed by atoms with van der Waals surface area (Å²) in [5, 5.41) is 0. The summed E-state index contributed by atoms with van der Waals surface area (Å²) in [6, 6.07) is 0. The Morgan fingerprint density at radius 1 is 1.25 bits per heavy atom. The van der Waals surface area contributed by atoms with Crippen LogP contribution < -0.4 is 0 Å². The van der Waals surface area contributed by atoms with Gasteiger partial charge in [0.05, 0.1) is 0 Å². The second-order valence-corrected chi connectivity index (χ2v) is 2.47. The van der Waals surface area contributed by atoms with Gasteiger partial charge in [0.1, 0.15) is 0 Å². The van der Waals surface area contributed by atoms with E-state index in [2.05, 4.69) is 37.3 Å². The van der Waals surface area contributed by atoms with Crippen LogP contribution >= 0.6 is 0 Å². The van der Waals surface area contributed by atoms with Crippen molar-refractivity contribution in [3.05, 3.63) is 48.1 Å². The van der Waals surface area contributed by atoms with Crippen molar-refractivity contribution in [2.24, 2.45) is 0 Å². The van der Waals surface area contributed by atoms with Crippen LogP contribution in [0.2, 0.25) is 0 Å². The Morgan fingerprint density at radius 3 is 2.25 bits per heavy atom. The van der Waals surface area contributed by atoms with E-state index in [-0.39, 0.29) is 23.1 Å². The molecule has 12 heavy (non-hydrogen) atoms. The van der Waals surface area contributed by atoms with Crippen LogP contribution in [0.3, 0.4) is 0 Å². The van der Waals surface area contributed by atoms with Crippen molar-refractivity contribution in [2.45, 2.75) is 19.8 Å². The van der Waals surface area contributed by atoms with Gasteiger partial charge in [0.25, 0.3) is 0 Å². The Morgan fingerprint density at radius 2 is 2.08 bits per heavy atom. The standard InChI is InChI=1S/C6H7.C5H5.Mg/c1-6-4-2-3-5-6;1-2-4-5-3-1;/h2,4H,3H2,1H3;1-3H,4H2;/q2*-1;+2. The largest absolute Gasteiger partial charge is 2.00 e. The Kier molecular flexibility index (Phi) is 7.21. The van der Waals surface area contributed by atoms with Crippen molar-refractivity contribution >= 4 is 23.1 Å². The number of hydrogen-bond acceptors (Lipinski definition) is 0. The molecule has 0 heterocycles. The van der Waals surface area contributed by atoms with E-state index in [0.29, 0.717) is 0 Å². The molecule has 1 heteroatoms. The van der Waals surface area contributed by atoms with Crippen molar-refractivity contribution in [2.75, 3.05) is 0 Å². The summed E-state index contributed by atoms with van der Waals surface area (Å²) in [5.41, 5.74) is 1.27. The molecule has 0 bridgehead atoms. The minimum Gasteiger partial charge on any atom is -0.273 e. The maximum Gasteiger partial charge on any atom is 2.00 e. The van der Waals surface area contributed by atoms with Crippen molar-refractivity contribution in [1.82, 2.24) is 0 Å². The Bertz CT molecular complexity index is 206. The van der Waals surface area contributed by atoms with E-state index in [0.717, 1.165) is 12.8 Å². The second-order valence-electron chi connectivity index (χ2n) is 2.47. The van der Waals surface area contributed by atoms with E-state index in [1.165, 1.54) is 5.57 Å². The molecular formula is C11H12Mg. The molecule has 0 aromatic carbocycles. The van der Waals surface area contributed by atoms with Crippen LogP contribution in [0.15, 0.2) is 36.0 Å². The molecule has 0 radical (unpaired) electrons. The van der Waals surface area contributed by atoms with Gasteiger partial charge in [-0.3, -0.25) is 12.2 Å². The van der Waals surface area contributed by atoms with Gasteiger partial charge in [-0.15, -0.1) is 12.8 Å². The maximum absolute atomic E-state index is 3.12. The zero-order chi connectivity index (χ0) is 7.94. The van der Waals surface area contributed by atoms with Crippen LogP contribution in [0.4, 0.5) is 0 Å². The van der Waals surface area contributed by atoms with Gasteiger partial charge in [-0.25, -0.2) is 23.8 Å². The molecule has 2 aliphatic rings. The third-order valence-electron chi connectivity index (χ3n) is 1.45. The smallest absolute Gasteiger partial charge is 0.273 e. The number of hydrogen-bond donors (Lipinski definition) is 0. The van der Waals surface area contributed by atoms with Crippen LogP contribution in [0, 0.1) is 12.2 Å². The molecule has 0 aromatic heterocycles. The van der Waals surface area contributed by atoms with E-state index in [1.807, 2.05) is 12.2 Å². The van der Waals surface area contributed by atoms with Gasteiger partial charge in [0, 0.05) is 0 Å². The summed E-state index contributed by atoms with van der Waals surface area (Å²) in [4.78, 5) is 0. The van der Waals surface area contributed by atoms with Crippen LogP contribution in [-0.4, -0.2) is 23.1 Å². The van der Waals surface area contributed by atoms with Crippen LogP contribution in [0.1, 0.15) is 19.8 Å². The zero-order valence-electron chi connectivity index (χ0n) is 7.51. The third-order valence-corrected chi connectivity index (χ3v) is 1.45. The summed E-state index contributed by atoms with van der Waals surface area (Å²) in [5.74, 6) is 0. The molecule has 0 fully saturated rings. The summed E-state index contributed by atoms with van der Waals surface area (Å²) in [7, 11) is 0. The average Bonchev–Trinajstić information content (AvgIpc) is 2.57. The monoisotopic (exact) mass is 168 g/mol. The van der Waals surface area contributed by atoms with E-state index < -0.39 is 0 Å². The summed E-state index contributed by atoms with van der Waals surface area (Å²) in [6.07, 6.45) is 18.3. The summed E-state index contributed by atoms with van der Waals surface area (Å²) in [6.45, 7) is 2.06.